The first-order valence-corrected chi connectivity index (χ1v) is 6.52. The SMILES string of the molecule is CCc1cc(CC)n(Cc2cccc(Cl)c2F)n1. The van der Waals surface area contributed by atoms with Gasteiger partial charge in [0.25, 0.3) is 0 Å². The zero-order chi connectivity index (χ0) is 13.1. The Morgan fingerprint density at radius 2 is 2.06 bits per heavy atom. The van der Waals surface area contributed by atoms with Gasteiger partial charge in [0.15, 0.2) is 0 Å². The van der Waals surface area contributed by atoms with E-state index in [0.717, 1.165) is 24.2 Å². The van der Waals surface area contributed by atoms with Crippen LogP contribution in [0.1, 0.15) is 30.8 Å². The molecular formula is C14H16ClFN2. The maximum atomic E-state index is 13.8. The first-order valence-electron chi connectivity index (χ1n) is 6.14. The molecule has 0 saturated carbocycles. The average molecular weight is 267 g/mol. The van der Waals surface area contributed by atoms with Crippen LogP contribution in [0.2, 0.25) is 5.02 Å². The van der Waals surface area contributed by atoms with Crippen molar-refractivity contribution in [3.63, 3.8) is 0 Å². The van der Waals surface area contributed by atoms with E-state index in [1.165, 1.54) is 0 Å². The second-order valence-electron chi connectivity index (χ2n) is 4.20. The van der Waals surface area contributed by atoms with Crippen molar-refractivity contribution in [1.82, 2.24) is 9.78 Å². The van der Waals surface area contributed by atoms with E-state index < -0.39 is 0 Å². The molecule has 0 N–H and O–H groups in total. The van der Waals surface area contributed by atoms with Crippen LogP contribution in [0, 0.1) is 5.82 Å². The molecule has 2 aromatic rings. The molecule has 1 heterocycles. The summed E-state index contributed by atoms with van der Waals surface area (Å²) in [7, 11) is 0. The van der Waals surface area contributed by atoms with Gasteiger partial charge in [0, 0.05) is 11.3 Å². The maximum Gasteiger partial charge on any atom is 0.146 e. The van der Waals surface area contributed by atoms with Crippen LogP contribution < -0.4 is 0 Å². The minimum Gasteiger partial charge on any atom is -0.265 e. The molecule has 0 amide bonds. The lowest BCUT2D eigenvalue weighted by atomic mass is 10.2. The fourth-order valence-electron chi connectivity index (χ4n) is 1.94. The molecule has 96 valence electrons. The molecule has 18 heavy (non-hydrogen) atoms. The minimum atomic E-state index is -0.352. The first kappa shape index (κ1) is 13.1. The van der Waals surface area contributed by atoms with Crippen molar-refractivity contribution in [2.24, 2.45) is 0 Å². The Kier molecular flexibility index (Phi) is 4.02. The average Bonchev–Trinajstić information content (AvgIpc) is 2.77. The summed E-state index contributed by atoms with van der Waals surface area (Å²) in [5.41, 5.74) is 2.73. The van der Waals surface area contributed by atoms with E-state index in [-0.39, 0.29) is 10.8 Å². The van der Waals surface area contributed by atoms with Crippen molar-refractivity contribution in [3.8, 4) is 0 Å². The van der Waals surface area contributed by atoms with Gasteiger partial charge in [0.1, 0.15) is 5.82 Å². The van der Waals surface area contributed by atoms with E-state index in [1.807, 2.05) is 4.68 Å². The predicted octanol–water partition coefficient (Wildman–Crippen LogP) is 3.85. The molecule has 2 rings (SSSR count). The molecule has 2 nitrogen and oxygen atoms in total. The van der Waals surface area contributed by atoms with Crippen LogP contribution in [0.4, 0.5) is 4.39 Å². The van der Waals surface area contributed by atoms with Crippen molar-refractivity contribution in [2.75, 3.05) is 0 Å². The van der Waals surface area contributed by atoms with Crippen LogP contribution in [-0.4, -0.2) is 9.78 Å². The highest BCUT2D eigenvalue weighted by Crippen LogP contribution is 2.19. The summed E-state index contributed by atoms with van der Waals surface area (Å²) < 4.78 is 15.7. The van der Waals surface area contributed by atoms with Gasteiger partial charge in [-0.2, -0.15) is 5.10 Å². The molecule has 0 radical (unpaired) electrons. The highest BCUT2D eigenvalue weighted by Gasteiger charge is 2.10. The van der Waals surface area contributed by atoms with E-state index in [4.69, 9.17) is 11.6 Å². The van der Waals surface area contributed by atoms with Crippen LogP contribution in [0.25, 0.3) is 0 Å². The number of hydrogen-bond acceptors (Lipinski definition) is 1. The van der Waals surface area contributed by atoms with Crippen LogP contribution >= 0.6 is 11.6 Å². The Bertz CT molecular complexity index is 549. The summed E-state index contributed by atoms with van der Waals surface area (Å²) in [5.74, 6) is -0.352. The maximum absolute atomic E-state index is 13.8. The zero-order valence-corrected chi connectivity index (χ0v) is 11.3. The third-order valence-electron chi connectivity index (χ3n) is 2.99. The van der Waals surface area contributed by atoms with Crippen molar-refractivity contribution in [2.45, 2.75) is 33.2 Å². The van der Waals surface area contributed by atoms with Gasteiger partial charge in [-0.3, -0.25) is 4.68 Å². The van der Waals surface area contributed by atoms with Crippen molar-refractivity contribution >= 4 is 11.6 Å². The van der Waals surface area contributed by atoms with Crippen LogP contribution in [0.5, 0.6) is 0 Å². The number of rotatable bonds is 4. The molecule has 0 unspecified atom stereocenters. The van der Waals surface area contributed by atoms with E-state index in [1.54, 1.807) is 18.2 Å². The molecular weight excluding hydrogens is 251 g/mol. The summed E-state index contributed by atoms with van der Waals surface area (Å²) >= 11 is 5.78. The standard InChI is InChI=1S/C14H16ClFN2/c1-3-11-8-12(4-2)18(17-11)9-10-6-5-7-13(15)14(10)16/h5-8H,3-4,9H2,1-2H3. The zero-order valence-electron chi connectivity index (χ0n) is 10.6. The third-order valence-corrected chi connectivity index (χ3v) is 3.28. The van der Waals surface area contributed by atoms with E-state index in [9.17, 15) is 4.39 Å². The molecule has 0 spiro atoms. The van der Waals surface area contributed by atoms with Crippen LogP contribution in [0.3, 0.4) is 0 Å². The molecule has 0 aliphatic rings. The van der Waals surface area contributed by atoms with Crippen molar-refractivity contribution < 1.29 is 4.39 Å². The lowest BCUT2D eigenvalue weighted by Crippen LogP contribution is -2.07. The first-order chi connectivity index (χ1) is 8.65. The van der Waals surface area contributed by atoms with Gasteiger partial charge >= 0.3 is 0 Å². The Hall–Kier alpha value is -1.35. The predicted molar refractivity (Wildman–Crippen MR) is 71.5 cm³/mol. The Labute approximate surface area is 111 Å². The number of benzene rings is 1. The number of aromatic nitrogens is 2. The topological polar surface area (TPSA) is 17.8 Å². The molecule has 0 aliphatic carbocycles. The van der Waals surface area contributed by atoms with Crippen molar-refractivity contribution in [1.29, 1.82) is 0 Å². The van der Waals surface area contributed by atoms with E-state index in [0.29, 0.717) is 12.1 Å². The number of aryl methyl sites for hydroxylation is 2. The smallest absolute Gasteiger partial charge is 0.146 e. The van der Waals surface area contributed by atoms with Gasteiger partial charge in [0.2, 0.25) is 0 Å². The van der Waals surface area contributed by atoms with Gasteiger partial charge in [-0.05, 0) is 25.0 Å². The van der Waals surface area contributed by atoms with Crippen molar-refractivity contribution in [3.05, 3.63) is 52.1 Å². The molecule has 4 heteroatoms. The third kappa shape index (κ3) is 2.56. The highest BCUT2D eigenvalue weighted by molar-refractivity contribution is 6.30. The lowest BCUT2D eigenvalue weighted by Gasteiger charge is -2.07. The summed E-state index contributed by atoms with van der Waals surface area (Å²) in [4.78, 5) is 0. The summed E-state index contributed by atoms with van der Waals surface area (Å²) in [6, 6.07) is 7.13. The normalized spacial score (nSPS) is 10.9. The molecule has 0 aliphatic heterocycles. The van der Waals surface area contributed by atoms with Crippen LogP contribution in [-0.2, 0) is 19.4 Å². The Morgan fingerprint density at radius 1 is 1.28 bits per heavy atom. The summed E-state index contributed by atoms with van der Waals surface area (Å²) in [5, 5.41) is 4.63. The highest BCUT2D eigenvalue weighted by atomic mass is 35.5. The minimum absolute atomic E-state index is 0.161. The van der Waals surface area contributed by atoms with Gasteiger partial charge in [-0.1, -0.05) is 37.6 Å². The van der Waals surface area contributed by atoms with E-state index >= 15 is 0 Å². The molecule has 0 fully saturated rings. The molecule has 0 atom stereocenters. The lowest BCUT2D eigenvalue weighted by molar-refractivity contribution is 0.574. The number of hydrogen-bond donors (Lipinski definition) is 0. The second kappa shape index (κ2) is 5.53. The van der Waals surface area contributed by atoms with Gasteiger partial charge in [0.05, 0.1) is 17.3 Å². The Morgan fingerprint density at radius 3 is 2.72 bits per heavy atom. The monoisotopic (exact) mass is 266 g/mol. The van der Waals surface area contributed by atoms with E-state index in [2.05, 4.69) is 25.0 Å². The fourth-order valence-corrected chi connectivity index (χ4v) is 2.14. The molecule has 1 aromatic carbocycles. The molecule has 0 saturated heterocycles. The molecule has 0 bridgehead atoms. The summed E-state index contributed by atoms with van der Waals surface area (Å²) in [6.45, 7) is 4.56. The quantitative estimate of drug-likeness (QED) is 0.822. The summed E-state index contributed by atoms with van der Waals surface area (Å²) in [6.07, 6.45) is 1.77. The Balaban J connectivity index is 2.33. The largest absolute Gasteiger partial charge is 0.265 e. The van der Waals surface area contributed by atoms with Gasteiger partial charge in [-0.15, -0.1) is 0 Å². The number of nitrogens with zero attached hydrogens (tertiary/aromatic N) is 2. The second-order valence-corrected chi connectivity index (χ2v) is 4.61. The van der Waals surface area contributed by atoms with Crippen LogP contribution in [0.15, 0.2) is 24.3 Å². The van der Waals surface area contributed by atoms with Gasteiger partial charge < -0.3 is 0 Å². The van der Waals surface area contributed by atoms with Gasteiger partial charge in [-0.25, -0.2) is 4.39 Å². The fraction of sp³-hybridized carbons (Fsp3) is 0.357. The molecule has 1 aromatic heterocycles. The number of halogens is 2.